The molecule has 0 aliphatic rings. The summed E-state index contributed by atoms with van der Waals surface area (Å²) in [6.45, 7) is 4.00. The third-order valence-corrected chi connectivity index (χ3v) is 1.29. The summed E-state index contributed by atoms with van der Waals surface area (Å²) in [7, 11) is 3.28. The van der Waals surface area contributed by atoms with Crippen molar-refractivity contribution in [3.63, 3.8) is 0 Å². The summed E-state index contributed by atoms with van der Waals surface area (Å²) < 4.78 is 4.98. The topological polar surface area (TPSA) is 34.0 Å². The van der Waals surface area contributed by atoms with Crippen molar-refractivity contribution >= 4 is 5.69 Å². The molecular weight excluding hydrogens is 164 g/mol. The molecule has 0 atom stereocenters. The van der Waals surface area contributed by atoms with E-state index >= 15 is 0 Å². The van der Waals surface area contributed by atoms with Gasteiger partial charge < -0.3 is 4.74 Å². The summed E-state index contributed by atoms with van der Waals surface area (Å²) >= 11 is 0. The second-order valence-electron chi connectivity index (χ2n) is 2.00. The molecule has 0 aromatic heterocycles. The minimum Gasteiger partial charge on any atom is -0.497 e. The van der Waals surface area contributed by atoms with Gasteiger partial charge in [-0.3, -0.25) is 0 Å². The van der Waals surface area contributed by atoms with Crippen LogP contribution < -0.4 is 4.74 Å². The minimum absolute atomic E-state index is 0.833. The van der Waals surface area contributed by atoms with Gasteiger partial charge >= 0.3 is 0 Å². The molecular formula is C10H16N2O. The molecule has 0 heterocycles. The lowest BCUT2D eigenvalue weighted by Crippen LogP contribution is -1.79. The fourth-order valence-corrected chi connectivity index (χ4v) is 0.764. The smallest absolute Gasteiger partial charge is 0.119 e. The third-order valence-electron chi connectivity index (χ3n) is 1.29. The summed E-state index contributed by atoms with van der Waals surface area (Å²) in [5, 5.41) is 7.50. The highest BCUT2D eigenvalue weighted by Crippen LogP contribution is 2.17. The van der Waals surface area contributed by atoms with E-state index in [0.717, 1.165) is 11.4 Å². The first kappa shape index (κ1) is 11.6. The van der Waals surface area contributed by atoms with Gasteiger partial charge in [0.05, 0.1) is 12.8 Å². The first-order chi connectivity index (χ1) is 6.36. The average Bonchev–Trinajstić information content (AvgIpc) is 2.23. The molecule has 0 radical (unpaired) electrons. The van der Waals surface area contributed by atoms with E-state index in [9.17, 15) is 0 Å². The van der Waals surface area contributed by atoms with E-state index in [1.165, 1.54) is 0 Å². The van der Waals surface area contributed by atoms with E-state index in [-0.39, 0.29) is 0 Å². The Morgan fingerprint density at radius 3 is 2.00 bits per heavy atom. The van der Waals surface area contributed by atoms with E-state index in [2.05, 4.69) is 10.2 Å². The summed E-state index contributed by atoms with van der Waals surface area (Å²) in [6, 6.07) is 7.41. The molecule has 72 valence electrons. The molecule has 0 bridgehead atoms. The summed E-state index contributed by atoms with van der Waals surface area (Å²) in [5.41, 5.74) is 0.841. The molecule has 0 unspecified atom stereocenters. The second kappa shape index (κ2) is 7.28. The maximum atomic E-state index is 4.98. The van der Waals surface area contributed by atoms with Crippen molar-refractivity contribution in [3.05, 3.63) is 24.3 Å². The fourth-order valence-electron chi connectivity index (χ4n) is 0.764. The molecule has 3 heteroatoms. The Labute approximate surface area is 79.5 Å². The molecule has 0 saturated heterocycles. The second-order valence-corrected chi connectivity index (χ2v) is 2.00. The van der Waals surface area contributed by atoms with Crippen LogP contribution in [0.15, 0.2) is 34.5 Å². The van der Waals surface area contributed by atoms with Crippen LogP contribution in [0.1, 0.15) is 13.8 Å². The molecule has 0 aliphatic heterocycles. The van der Waals surface area contributed by atoms with Crippen LogP contribution in [-0.4, -0.2) is 14.2 Å². The maximum Gasteiger partial charge on any atom is 0.119 e. The Kier molecular flexibility index (Phi) is 6.51. The molecule has 3 nitrogen and oxygen atoms in total. The van der Waals surface area contributed by atoms with Gasteiger partial charge in [0.1, 0.15) is 5.75 Å². The number of hydrogen-bond acceptors (Lipinski definition) is 3. The Balaban J connectivity index is 0.000000671. The summed E-state index contributed by atoms with van der Waals surface area (Å²) in [6.07, 6.45) is 0. The van der Waals surface area contributed by atoms with Gasteiger partial charge in [-0.1, -0.05) is 13.8 Å². The number of rotatable bonds is 2. The molecule has 1 aromatic rings. The van der Waals surface area contributed by atoms with Crippen molar-refractivity contribution < 1.29 is 4.74 Å². The van der Waals surface area contributed by atoms with Crippen molar-refractivity contribution in [2.75, 3.05) is 14.2 Å². The van der Waals surface area contributed by atoms with Crippen LogP contribution >= 0.6 is 0 Å². The summed E-state index contributed by atoms with van der Waals surface area (Å²) in [4.78, 5) is 0. The van der Waals surface area contributed by atoms with Crippen molar-refractivity contribution in [1.82, 2.24) is 0 Å². The Morgan fingerprint density at radius 2 is 1.62 bits per heavy atom. The molecule has 0 fully saturated rings. The molecule has 0 saturated carbocycles. The molecule has 0 aliphatic carbocycles. The molecule has 0 N–H and O–H groups in total. The standard InChI is InChI=1S/C8H10N2O.C2H6/c1-9-10-7-3-5-8(11-2)6-4-7;1-2/h3-6H,1-2H3;1-2H3. The van der Waals surface area contributed by atoms with Crippen LogP contribution in [0.3, 0.4) is 0 Å². The van der Waals surface area contributed by atoms with Gasteiger partial charge in [-0.05, 0) is 24.3 Å². The Morgan fingerprint density at radius 1 is 1.08 bits per heavy atom. The number of methoxy groups -OCH3 is 1. The highest BCUT2D eigenvalue weighted by Gasteiger charge is 1.89. The highest BCUT2D eigenvalue weighted by molar-refractivity contribution is 5.40. The summed E-state index contributed by atoms with van der Waals surface area (Å²) in [5.74, 6) is 0.833. The predicted octanol–water partition coefficient (Wildman–Crippen LogP) is 3.43. The first-order valence-corrected chi connectivity index (χ1v) is 4.30. The number of azo groups is 1. The van der Waals surface area contributed by atoms with Crippen LogP contribution in [-0.2, 0) is 0 Å². The van der Waals surface area contributed by atoms with Crippen molar-refractivity contribution in [2.24, 2.45) is 10.2 Å². The van der Waals surface area contributed by atoms with Crippen LogP contribution in [0.2, 0.25) is 0 Å². The lowest BCUT2D eigenvalue weighted by atomic mass is 10.3. The van der Waals surface area contributed by atoms with Gasteiger partial charge in [0.25, 0.3) is 0 Å². The van der Waals surface area contributed by atoms with E-state index in [4.69, 9.17) is 4.74 Å². The van der Waals surface area contributed by atoms with Crippen LogP contribution in [0.5, 0.6) is 5.75 Å². The Hall–Kier alpha value is -1.38. The zero-order valence-corrected chi connectivity index (χ0v) is 8.61. The van der Waals surface area contributed by atoms with Crippen LogP contribution in [0.25, 0.3) is 0 Å². The van der Waals surface area contributed by atoms with Gasteiger partial charge in [0.2, 0.25) is 0 Å². The van der Waals surface area contributed by atoms with Gasteiger partial charge in [-0.15, -0.1) is 0 Å². The van der Waals surface area contributed by atoms with Crippen LogP contribution in [0.4, 0.5) is 5.69 Å². The zero-order chi connectivity index (χ0) is 10.1. The normalized spacial score (nSPS) is 9.23. The van der Waals surface area contributed by atoms with Crippen molar-refractivity contribution in [1.29, 1.82) is 0 Å². The van der Waals surface area contributed by atoms with Crippen molar-refractivity contribution in [2.45, 2.75) is 13.8 Å². The lowest BCUT2D eigenvalue weighted by Gasteiger charge is -1.97. The highest BCUT2D eigenvalue weighted by atomic mass is 16.5. The molecule has 13 heavy (non-hydrogen) atoms. The van der Waals surface area contributed by atoms with E-state index < -0.39 is 0 Å². The monoisotopic (exact) mass is 180 g/mol. The largest absolute Gasteiger partial charge is 0.497 e. The zero-order valence-electron chi connectivity index (χ0n) is 8.61. The van der Waals surface area contributed by atoms with Crippen molar-refractivity contribution in [3.8, 4) is 5.75 Å². The number of hydrogen-bond donors (Lipinski definition) is 0. The Bertz CT molecular complexity index is 242. The van der Waals surface area contributed by atoms with Gasteiger partial charge in [0, 0.05) is 7.05 Å². The van der Waals surface area contributed by atoms with E-state index in [1.54, 1.807) is 14.2 Å². The fraction of sp³-hybridized carbons (Fsp3) is 0.400. The van der Waals surface area contributed by atoms with Crippen LogP contribution in [0, 0.1) is 0 Å². The molecule has 1 rings (SSSR count). The first-order valence-electron chi connectivity index (χ1n) is 4.30. The maximum absolute atomic E-state index is 4.98. The third kappa shape index (κ3) is 4.25. The minimum atomic E-state index is 0.833. The SMILES string of the molecule is CC.CN=Nc1ccc(OC)cc1. The number of nitrogens with zero attached hydrogens (tertiary/aromatic N) is 2. The average molecular weight is 180 g/mol. The predicted molar refractivity (Wildman–Crippen MR) is 54.8 cm³/mol. The lowest BCUT2D eigenvalue weighted by molar-refractivity contribution is 0.415. The van der Waals surface area contributed by atoms with Gasteiger partial charge in [-0.2, -0.15) is 10.2 Å². The molecule has 1 aromatic carbocycles. The van der Waals surface area contributed by atoms with E-state index in [1.807, 2.05) is 38.1 Å². The quantitative estimate of drug-likeness (QED) is 0.642. The van der Waals surface area contributed by atoms with E-state index in [0.29, 0.717) is 0 Å². The molecule has 0 amide bonds. The van der Waals surface area contributed by atoms with Gasteiger partial charge in [-0.25, -0.2) is 0 Å². The molecule has 0 spiro atoms. The number of ether oxygens (including phenoxy) is 1. The number of benzene rings is 1. The van der Waals surface area contributed by atoms with Gasteiger partial charge in [0.15, 0.2) is 0 Å².